The highest BCUT2D eigenvalue weighted by Gasteiger charge is 2.25. The molecule has 0 spiro atoms. The Hall–Kier alpha value is -1.39. The highest BCUT2D eigenvalue weighted by atomic mass is 19.4. The molecule has 17 heavy (non-hydrogen) atoms. The number of rotatable bonds is 5. The summed E-state index contributed by atoms with van der Waals surface area (Å²) in [5.74, 6) is 0.769. The minimum absolute atomic E-state index is 0.0780. The molecule has 96 valence electrons. The molecule has 1 N–H and O–H groups in total. The Morgan fingerprint density at radius 3 is 2.53 bits per heavy atom. The van der Waals surface area contributed by atoms with Crippen molar-refractivity contribution in [1.29, 1.82) is 0 Å². The van der Waals surface area contributed by atoms with Crippen LogP contribution in [0.25, 0.3) is 0 Å². The fourth-order valence-corrected chi connectivity index (χ4v) is 1.51. The zero-order valence-corrected chi connectivity index (χ0v) is 9.90. The van der Waals surface area contributed by atoms with Gasteiger partial charge in [0, 0.05) is 18.7 Å². The van der Waals surface area contributed by atoms with E-state index >= 15 is 0 Å². The first-order valence-electron chi connectivity index (χ1n) is 5.37. The zero-order chi connectivity index (χ0) is 12.9. The number of alkyl halides is 3. The molecule has 0 atom stereocenters. The van der Waals surface area contributed by atoms with E-state index in [-0.39, 0.29) is 6.42 Å². The molecule has 1 aromatic carbocycles. The summed E-state index contributed by atoms with van der Waals surface area (Å²) in [6, 6.07) is 5.44. The van der Waals surface area contributed by atoms with Crippen molar-refractivity contribution in [1.82, 2.24) is 0 Å². The van der Waals surface area contributed by atoms with Gasteiger partial charge in [0.1, 0.15) is 5.75 Å². The molecular weight excluding hydrogens is 231 g/mol. The smallest absolute Gasteiger partial charge is 0.389 e. The van der Waals surface area contributed by atoms with Gasteiger partial charge in [-0.3, -0.25) is 0 Å². The van der Waals surface area contributed by atoms with Gasteiger partial charge < -0.3 is 10.1 Å². The average Bonchev–Trinajstić information content (AvgIpc) is 2.23. The molecule has 0 fully saturated rings. The van der Waals surface area contributed by atoms with Crippen molar-refractivity contribution in [2.24, 2.45) is 0 Å². The van der Waals surface area contributed by atoms with Gasteiger partial charge in [-0.25, -0.2) is 0 Å². The van der Waals surface area contributed by atoms with Gasteiger partial charge in [-0.1, -0.05) is 0 Å². The first kappa shape index (κ1) is 13.7. The molecule has 0 saturated carbocycles. The van der Waals surface area contributed by atoms with Gasteiger partial charge in [0.2, 0.25) is 0 Å². The van der Waals surface area contributed by atoms with Crippen LogP contribution in [0.5, 0.6) is 5.75 Å². The van der Waals surface area contributed by atoms with Crippen molar-refractivity contribution in [3.63, 3.8) is 0 Å². The molecule has 0 saturated heterocycles. The standard InChI is InChI=1S/C12H16F3NO/c1-9-8-10(4-5-11(9)17-2)16-7-3-6-12(13,14)15/h4-5,8,16H,3,6-7H2,1-2H3. The SMILES string of the molecule is COc1ccc(NCCCC(F)(F)F)cc1C. The van der Waals surface area contributed by atoms with Crippen molar-refractivity contribution < 1.29 is 17.9 Å². The van der Waals surface area contributed by atoms with Crippen LogP contribution < -0.4 is 10.1 Å². The zero-order valence-electron chi connectivity index (χ0n) is 9.90. The molecule has 0 bridgehead atoms. The van der Waals surface area contributed by atoms with Crippen LogP contribution in [0.1, 0.15) is 18.4 Å². The minimum atomic E-state index is -4.07. The molecule has 0 aliphatic heterocycles. The van der Waals surface area contributed by atoms with E-state index in [9.17, 15) is 13.2 Å². The van der Waals surface area contributed by atoms with Crippen molar-refractivity contribution in [3.8, 4) is 5.75 Å². The summed E-state index contributed by atoms with van der Waals surface area (Å²) < 4.78 is 40.8. The maximum atomic E-state index is 11.9. The van der Waals surface area contributed by atoms with Crippen LogP contribution in [0, 0.1) is 6.92 Å². The van der Waals surface area contributed by atoms with E-state index in [2.05, 4.69) is 5.32 Å². The molecule has 1 rings (SSSR count). The lowest BCUT2D eigenvalue weighted by atomic mass is 10.2. The molecule has 0 radical (unpaired) electrons. The van der Waals surface area contributed by atoms with Gasteiger partial charge in [-0.2, -0.15) is 13.2 Å². The van der Waals surface area contributed by atoms with E-state index in [1.165, 1.54) is 0 Å². The van der Waals surface area contributed by atoms with E-state index in [1.54, 1.807) is 19.2 Å². The lowest BCUT2D eigenvalue weighted by Crippen LogP contribution is -2.11. The fraction of sp³-hybridized carbons (Fsp3) is 0.500. The maximum absolute atomic E-state index is 11.9. The van der Waals surface area contributed by atoms with Crippen LogP contribution in [0.4, 0.5) is 18.9 Å². The summed E-state index contributed by atoms with van der Waals surface area (Å²) in [6.07, 6.45) is -4.75. The van der Waals surface area contributed by atoms with Gasteiger partial charge in [-0.15, -0.1) is 0 Å². The Kier molecular flexibility index (Phi) is 4.66. The maximum Gasteiger partial charge on any atom is 0.389 e. The normalized spacial score (nSPS) is 11.4. The highest BCUT2D eigenvalue weighted by molar-refractivity contribution is 5.50. The van der Waals surface area contributed by atoms with Crippen molar-refractivity contribution in [2.45, 2.75) is 25.9 Å². The van der Waals surface area contributed by atoms with E-state index < -0.39 is 12.6 Å². The molecule has 2 nitrogen and oxygen atoms in total. The third-order valence-electron chi connectivity index (χ3n) is 2.36. The number of benzene rings is 1. The van der Waals surface area contributed by atoms with Gasteiger partial charge in [-0.05, 0) is 37.1 Å². The summed E-state index contributed by atoms with van der Waals surface area (Å²) in [5.41, 5.74) is 1.76. The molecule has 0 aliphatic rings. The second-order valence-corrected chi connectivity index (χ2v) is 3.83. The summed E-state index contributed by atoms with van der Waals surface area (Å²) in [4.78, 5) is 0. The third-order valence-corrected chi connectivity index (χ3v) is 2.36. The Balaban J connectivity index is 2.40. The quantitative estimate of drug-likeness (QED) is 0.800. The first-order chi connectivity index (χ1) is 7.92. The molecular formula is C12H16F3NO. The number of aryl methyl sites for hydroxylation is 1. The van der Waals surface area contributed by atoms with Crippen LogP contribution in [0.2, 0.25) is 0 Å². The number of halogens is 3. The molecule has 0 aliphatic carbocycles. The molecule has 5 heteroatoms. The summed E-state index contributed by atoms with van der Waals surface area (Å²) in [7, 11) is 1.58. The van der Waals surface area contributed by atoms with Crippen LogP contribution in [-0.4, -0.2) is 19.8 Å². The monoisotopic (exact) mass is 247 g/mol. The highest BCUT2D eigenvalue weighted by Crippen LogP contribution is 2.23. The van der Waals surface area contributed by atoms with Crippen molar-refractivity contribution in [2.75, 3.05) is 19.0 Å². The second kappa shape index (κ2) is 5.80. The second-order valence-electron chi connectivity index (χ2n) is 3.83. The predicted molar refractivity (Wildman–Crippen MR) is 61.5 cm³/mol. The summed E-state index contributed by atoms with van der Waals surface area (Å²) in [6.45, 7) is 2.20. The number of ether oxygens (including phenoxy) is 1. The lowest BCUT2D eigenvalue weighted by molar-refractivity contribution is -0.134. The Morgan fingerprint density at radius 1 is 1.29 bits per heavy atom. The molecule has 0 heterocycles. The molecule has 0 amide bonds. The first-order valence-corrected chi connectivity index (χ1v) is 5.37. The Morgan fingerprint density at radius 2 is 2.00 bits per heavy atom. The van der Waals surface area contributed by atoms with E-state index in [0.29, 0.717) is 6.54 Å². The van der Waals surface area contributed by atoms with Crippen LogP contribution in [-0.2, 0) is 0 Å². The molecule has 0 unspecified atom stereocenters. The van der Waals surface area contributed by atoms with Gasteiger partial charge in [0.25, 0.3) is 0 Å². The number of hydrogen-bond donors (Lipinski definition) is 1. The lowest BCUT2D eigenvalue weighted by Gasteiger charge is -2.10. The minimum Gasteiger partial charge on any atom is -0.496 e. The largest absolute Gasteiger partial charge is 0.496 e. The van der Waals surface area contributed by atoms with Gasteiger partial charge >= 0.3 is 6.18 Å². The van der Waals surface area contributed by atoms with Crippen molar-refractivity contribution in [3.05, 3.63) is 23.8 Å². The van der Waals surface area contributed by atoms with Gasteiger partial charge in [0.05, 0.1) is 7.11 Å². The number of nitrogens with one attached hydrogen (secondary N) is 1. The Labute approximate surface area is 98.8 Å². The number of hydrogen-bond acceptors (Lipinski definition) is 2. The summed E-state index contributed by atoms with van der Waals surface area (Å²) in [5, 5.41) is 2.95. The van der Waals surface area contributed by atoms with E-state index in [4.69, 9.17) is 4.74 Å². The van der Waals surface area contributed by atoms with Crippen molar-refractivity contribution >= 4 is 5.69 Å². The topological polar surface area (TPSA) is 21.3 Å². The van der Waals surface area contributed by atoms with E-state index in [0.717, 1.165) is 17.0 Å². The average molecular weight is 247 g/mol. The Bertz CT molecular complexity index is 363. The molecule has 0 aromatic heterocycles. The van der Waals surface area contributed by atoms with Crippen LogP contribution in [0.15, 0.2) is 18.2 Å². The third kappa shape index (κ3) is 4.97. The number of methoxy groups -OCH3 is 1. The number of anilines is 1. The van der Waals surface area contributed by atoms with Gasteiger partial charge in [0.15, 0.2) is 0 Å². The van der Waals surface area contributed by atoms with E-state index in [1.807, 2.05) is 13.0 Å². The molecule has 1 aromatic rings. The fourth-order valence-electron chi connectivity index (χ4n) is 1.51. The summed E-state index contributed by atoms with van der Waals surface area (Å²) >= 11 is 0. The predicted octanol–water partition coefficient (Wildman–Crippen LogP) is 3.76. The van der Waals surface area contributed by atoms with Crippen LogP contribution in [0.3, 0.4) is 0 Å². The van der Waals surface area contributed by atoms with Crippen LogP contribution >= 0.6 is 0 Å².